The molecule has 0 saturated carbocycles. The second-order valence-corrected chi connectivity index (χ2v) is 5.61. The minimum absolute atomic E-state index is 0.156. The molecule has 1 aliphatic heterocycles. The third-order valence-corrected chi connectivity index (χ3v) is 3.70. The first kappa shape index (κ1) is 15.3. The topological polar surface area (TPSA) is 102 Å². The lowest BCUT2D eigenvalue weighted by atomic mass is 10.1. The SMILES string of the molecule is CCOc1c(O)ccc(/C=C2/SC(=S)NC2=O)c1[N+](=O)[O-]. The number of aromatic hydroxyl groups is 1. The molecular formula is C12H10N2O5S2. The maximum atomic E-state index is 11.6. The molecule has 1 aliphatic rings. The van der Waals surface area contributed by atoms with Crippen LogP contribution in [-0.2, 0) is 4.79 Å². The molecule has 1 aromatic carbocycles. The fourth-order valence-corrected chi connectivity index (χ4v) is 2.76. The lowest BCUT2D eigenvalue weighted by Crippen LogP contribution is -2.17. The summed E-state index contributed by atoms with van der Waals surface area (Å²) in [6.07, 6.45) is 1.35. The van der Waals surface area contributed by atoms with Crippen LogP contribution in [0.2, 0.25) is 0 Å². The van der Waals surface area contributed by atoms with Gasteiger partial charge in [-0.25, -0.2) is 0 Å². The molecule has 1 heterocycles. The first-order valence-corrected chi connectivity index (χ1v) is 7.04. The van der Waals surface area contributed by atoms with Gasteiger partial charge in [0.05, 0.1) is 22.0 Å². The molecular weight excluding hydrogens is 316 g/mol. The lowest BCUT2D eigenvalue weighted by Gasteiger charge is -2.08. The Bertz CT molecular complexity index is 672. The van der Waals surface area contributed by atoms with Crippen LogP contribution in [0.3, 0.4) is 0 Å². The summed E-state index contributed by atoms with van der Waals surface area (Å²) < 4.78 is 5.42. The maximum Gasteiger partial charge on any atom is 0.322 e. The van der Waals surface area contributed by atoms with Gasteiger partial charge in [0.25, 0.3) is 5.91 Å². The fourth-order valence-electron chi connectivity index (χ4n) is 1.73. The summed E-state index contributed by atoms with van der Waals surface area (Å²) in [6, 6.07) is 2.62. The number of amides is 1. The second kappa shape index (κ2) is 6.10. The van der Waals surface area contributed by atoms with Crippen molar-refractivity contribution in [2.75, 3.05) is 6.61 Å². The van der Waals surface area contributed by atoms with Gasteiger partial charge < -0.3 is 15.2 Å². The van der Waals surface area contributed by atoms with Gasteiger partial charge in [-0.15, -0.1) is 0 Å². The highest BCUT2D eigenvalue weighted by Gasteiger charge is 2.27. The van der Waals surface area contributed by atoms with Crippen LogP contribution in [0, 0.1) is 10.1 Å². The monoisotopic (exact) mass is 326 g/mol. The number of nitro groups is 1. The number of nitro benzene ring substituents is 1. The van der Waals surface area contributed by atoms with E-state index >= 15 is 0 Å². The van der Waals surface area contributed by atoms with Crippen LogP contribution < -0.4 is 10.1 Å². The molecule has 9 heteroatoms. The summed E-state index contributed by atoms with van der Waals surface area (Å²) in [6.45, 7) is 1.81. The number of phenols is 1. The van der Waals surface area contributed by atoms with Crippen LogP contribution in [0.15, 0.2) is 17.0 Å². The molecule has 0 aromatic heterocycles. The van der Waals surface area contributed by atoms with Crippen molar-refractivity contribution in [3.05, 3.63) is 32.7 Å². The molecule has 2 N–H and O–H groups in total. The van der Waals surface area contributed by atoms with E-state index in [-0.39, 0.29) is 32.9 Å². The summed E-state index contributed by atoms with van der Waals surface area (Å²) in [5, 5.41) is 23.4. The van der Waals surface area contributed by atoms with E-state index in [1.807, 2.05) is 0 Å². The predicted molar refractivity (Wildman–Crippen MR) is 82.2 cm³/mol. The van der Waals surface area contributed by atoms with E-state index in [0.29, 0.717) is 0 Å². The lowest BCUT2D eigenvalue weighted by molar-refractivity contribution is -0.386. The van der Waals surface area contributed by atoms with Gasteiger partial charge in [0.2, 0.25) is 5.75 Å². The van der Waals surface area contributed by atoms with E-state index in [4.69, 9.17) is 17.0 Å². The Morgan fingerprint density at radius 2 is 2.29 bits per heavy atom. The molecule has 0 aliphatic carbocycles. The highest BCUT2D eigenvalue weighted by Crippen LogP contribution is 2.41. The quantitative estimate of drug-likeness (QED) is 0.378. The molecule has 0 spiro atoms. The van der Waals surface area contributed by atoms with Gasteiger partial charge in [-0.3, -0.25) is 14.9 Å². The number of benzene rings is 1. The highest BCUT2D eigenvalue weighted by atomic mass is 32.2. The normalized spacial score (nSPS) is 16.1. The largest absolute Gasteiger partial charge is 0.504 e. The van der Waals surface area contributed by atoms with Crippen molar-refractivity contribution in [1.82, 2.24) is 5.32 Å². The fraction of sp³-hybridized carbons (Fsp3) is 0.167. The van der Waals surface area contributed by atoms with Crippen molar-refractivity contribution >= 4 is 46.0 Å². The number of carbonyl (C=O) groups excluding carboxylic acids is 1. The van der Waals surface area contributed by atoms with Crippen molar-refractivity contribution in [3.63, 3.8) is 0 Å². The first-order chi connectivity index (χ1) is 9.93. The number of hydrogen-bond acceptors (Lipinski definition) is 7. The molecule has 110 valence electrons. The van der Waals surface area contributed by atoms with Gasteiger partial charge in [0.15, 0.2) is 5.75 Å². The molecule has 0 radical (unpaired) electrons. The van der Waals surface area contributed by atoms with Gasteiger partial charge >= 0.3 is 5.69 Å². The Labute approximate surface area is 129 Å². The molecule has 1 fully saturated rings. The molecule has 1 amide bonds. The molecule has 0 atom stereocenters. The first-order valence-electron chi connectivity index (χ1n) is 5.82. The zero-order valence-electron chi connectivity index (χ0n) is 10.8. The number of thiocarbonyl (C=S) groups is 1. The maximum absolute atomic E-state index is 11.6. The van der Waals surface area contributed by atoms with Gasteiger partial charge in [-0.1, -0.05) is 24.0 Å². The Morgan fingerprint density at radius 3 is 2.81 bits per heavy atom. The number of phenolic OH excluding ortho intramolecular Hbond substituents is 1. The third-order valence-electron chi connectivity index (χ3n) is 2.54. The summed E-state index contributed by atoms with van der Waals surface area (Å²) in [7, 11) is 0. The number of ether oxygens (including phenoxy) is 1. The van der Waals surface area contributed by atoms with Crippen LogP contribution in [0.25, 0.3) is 6.08 Å². The minimum atomic E-state index is -0.660. The van der Waals surface area contributed by atoms with Crippen LogP contribution in [-0.4, -0.2) is 26.9 Å². The van der Waals surface area contributed by atoms with Gasteiger partial charge in [0.1, 0.15) is 4.32 Å². The van der Waals surface area contributed by atoms with E-state index in [0.717, 1.165) is 11.8 Å². The van der Waals surface area contributed by atoms with Crippen LogP contribution in [0.5, 0.6) is 11.5 Å². The van der Waals surface area contributed by atoms with Crippen molar-refractivity contribution < 1.29 is 19.6 Å². The number of thioether (sulfide) groups is 1. The molecule has 21 heavy (non-hydrogen) atoms. The Morgan fingerprint density at radius 1 is 1.57 bits per heavy atom. The molecule has 0 bridgehead atoms. The molecule has 2 rings (SSSR count). The molecule has 0 unspecified atom stereocenters. The van der Waals surface area contributed by atoms with Crippen LogP contribution in [0.4, 0.5) is 5.69 Å². The highest BCUT2D eigenvalue weighted by molar-refractivity contribution is 8.26. The van der Waals surface area contributed by atoms with E-state index in [9.17, 15) is 20.0 Å². The van der Waals surface area contributed by atoms with E-state index < -0.39 is 16.5 Å². The Kier molecular flexibility index (Phi) is 4.43. The second-order valence-electron chi connectivity index (χ2n) is 3.89. The zero-order valence-corrected chi connectivity index (χ0v) is 12.4. The summed E-state index contributed by atoms with van der Waals surface area (Å²) >= 11 is 5.87. The number of nitrogens with one attached hydrogen (secondary N) is 1. The number of rotatable bonds is 4. The summed E-state index contributed by atoms with van der Waals surface area (Å²) in [5.41, 5.74) is -0.237. The number of hydrogen-bond donors (Lipinski definition) is 2. The summed E-state index contributed by atoms with van der Waals surface area (Å²) in [4.78, 5) is 22.4. The number of carbonyl (C=O) groups is 1. The smallest absolute Gasteiger partial charge is 0.322 e. The Hall–Kier alpha value is -2.13. The van der Waals surface area contributed by atoms with Crippen molar-refractivity contribution in [1.29, 1.82) is 0 Å². The summed E-state index contributed by atoms with van der Waals surface area (Å²) in [5.74, 6) is -0.960. The van der Waals surface area contributed by atoms with Crippen molar-refractivity contribution in [2.24, 2.45) is 0 Å². The van der Waals surface area contributed by atoms with Gasteiger partial charge in [0, 0.05) is 0 Å². The minimum Gasteiger partial charge on any atom is -0.504 e. The van der Waals surface area contributed by atoms with Gasteiger partial charge in [-0.2, -0.15) is 0 Å². The van der Waals surface area contributed by atoms with Gasteiger partial charge in [-0.05, 0) is 25.1 Å². The molecule has 7 nitrogen and oxygen atoms in total. The average Bonchev–Trinajstić information content (AvgIpc) is 2.71. The third kappa shape index (κ3) is 3.14. The van der Waals surface area contributed by atoms with E-state index in [1.165, 1.54) is 18.2 Å². The van der Waals surface area contributed by atoms with Crippen molar-refractivity contribution in [2.45, 2.75) is 6.92 Å². The zero-order chi connectivity index (χ0) is 15.6. The van der Waals surface area contributed by atoms with Crippen LogP contribution >= 0.6 is 24.0 Å². The Balaban J connectivity index is 2.56. The molecule has 1 saturated heterocycles. The number of nitrogens with zero attached hydrogens (tertiary/aromatic N) is 1. The molecule has 1 aromatic rings. The van der Waals surface area contributed by atoms with Crippen LogP contribution in [0.1, 0.15) is 12.5 Å². The van der Waals surface area contributed by atoms with E-state index in [1.54, 1.807) is 6.92 Å². The van der Waals surface area contributed by atoms with Crippen molar-refractivity contribution in [3.8, 4) is 11.5 Å². The standard InChI is InChI=1S/C12H10N2O5S2/c1-2-19-10-7(15)4-3-6(9(10)14(17)18)5-8-11(16)13-12(20)21-8/h3-5,15H,2H2,1H3,(H,13,16,20)/b8-5+. The average molecular weight is 326 g/mol. The van der Waals surface area contributed by atoms with E-state index in [2.05, 4.69) is 5.32 Å². The predicted octanol–water partition coefficient (Wildman–Crippen LogP) is 2.19.